The second-order valence-electron chi connectivity index (χ2n) is 4.72. The predicted octanol–water partition coefficient (Wildman–Crippen LogP) is 2.13. The Morgan fingerprint density at radius 2 is 2.32 bits per heavy atom. The third-order valence-electron chi connectivity index (χ3n) is 3.45. The Labute approximate surface area is 120 Å². The van der Waals surface area contributed by atoms with Crippen molar-refractivity contribution in [3.05, 3.63) is 22.4 Å². The lowest BCUT2D eigenvalue weighted by molar-refractivity contribution is -0.124. The van der Waals surface area contributed by atoms with Crippen LogP contribution in [0, 0.1) is 11.7 Å². The molecule has 0 saturated carbocycles. The minimum absolute atomic E-state index is 0.0286. The van der Waals surface area contributed by atoms with Gasteiger partial charge in [0.2, 0.25) is 5.91 Å². The molecule has 0 spiro atoms. The van der Waals surface area contributed by atoms with E-state index in [-0.39, 0.29) is 17.6 Å². The van der Waals surface area contributed by atoms with Crippen LogP contribution >= 0.6 is 15.9 Å². The molecule has 0 bridgehead atoms. The Bertz CT molecular complexity index is 495. The molecular weight excluding hydrogens is 313 g/mol. The van der Waals surface area contributed by atoms with Gasteiger partial charge in [-0.25, -0.2) is 4.39 Å². The Kier molecular flexibility index (Phi) is 4.29. The van der Waals surface area contributed by atoms with Gasteiger partial charge in [-0.15, -0.1) is 0 Å². The summed E-state index contributed by atoms with van der Waals surface area (Å²) in [5.74, 6) is -0.378. The van der Waals surface area contributed by atoms with Crippen molar-refractivity contribution in [1.82, 2.24) is 5.32 Å². The average Bonchev–Trinajstić information content (AvgIpc) is 2.42. The standard InChI is InChI=1S/C13H17BrFN3O/c1-17-13(19)8-3-2-4-18(7-8)12-6-10(15)9(14)5-11(12)16/h5-6,8H,2-4,7,16H2,1H3,(H,17,19). The number of nitrogen functional groups attached to an aromatic ring is 1. The maximum absolute atomic E-state index is 13.6. The first-order valence-electron chi connectivity index (χ1n) is 6.24. The summed E-state index contributed by atoms with van der Waals surface area (Å²) in [7, 11) is 1.63. The number of nitrogens with one attached hydrogen (secondary N) is 1. The van der Waals surface area contributed by atoms with Gasteiger partial charge in [-0.3, -0.25) is 4.79 Å². The van der Waals surface area contributed by atoms with Crippen molar-refractivity contribution in [1.29, 1.82) is 0 Å². The zero-order valence-corrected chi connectivity index (χ0v) is 12.3. The van der Waals surface area contributed by atoms with Crippen LogP contribution in [0.15, 0.2) is 16.6 Å². The van der Waals surface area contributed by atoms with Crippen LogP contribution in [0.3, 0.4) is 0 Å². The summed E-state index contributed by atoms with van der Waals surface area (Å²) in [5, 5.41) is 2.66. The highest BCUT2D eigenvalue weighted by Gasteiger charge is 2.26. The highest BCUT2D eigenvalue weighted by Crippen LogP contribution is 2.32. The van der Waals surface area contributed by atoms with E-state index in [4.69, 9.17) is 5.73 Å². The smallest absolute Gasteiger partial charge is 0.224 e. The first-order chi connectivity index (χ1) is 9.02. The lowest BCUT2D eigenvalue weighted by atomic mass is 9.96. The van der Waals surface area contributed by atoms with Gasteiger partial charge in [-0.05, 0) is 34.8 Å². The van der Waals surface area contributed by atoms with Gasteiger partial charge in [0, 0.05) is 26.2 Å². The van der Waals surface area contributed by atoms with E-state index in [2.05, 4.69) is 21.2 Å². The first kappa shape index (κ1) is 14.1. The second-order valence-corrected chi connectivity index (χ2v) is 5.58. The summed E-state index contributed by atoms with van der Waals surface area (Å²) in [5.41, 5.74) is 7.12. The minimum atomic E-state index is -0.341. The summed E-state index contributed by atoms with van der Waals surface area (Å²) in [6, 6.07) is 2.99. The van der Waals surface area contributed by atoms with Crippen LogP contribution in [0.2, 0.25) is 0 Å². The number of benzene rings is 1. The Morgan fingerprint density at radius 3 is 3.00 bits per heavy atom. The van der Waals surface area contributed by atoms with Gasteiger partial charge in [0.25, 0.3) is 0 Å². The summed E-state index contributed by atoms with van der Waals surface area (Å²) < 4.78 is 14.0. The summed E-state index contributed by atoms with van der Waals surface area (Å²) >= 11 is 3.11. The van der Waals surface area contributed by atoms with Crippen molar-refractivity contribution in [2.24, 2.45) is 5.92 Å². The molecule has 4 nitrogen and oxygen atoms in total. The molecule has 1 aromatic rings. The SMILES string of the molecule is CNC(=O)C1CCCN(c2cc(F)c(Br)cc2N)C1. The van der Waals surface area contributed by atoms with E-state index in [1.807, 2.05) is 4.90 Å². The maximum Gasteiger partial charge on any atom is 0.224 e. The number of halogens is 2. The van der Waals surface area contributed by atoms with Crippen molar-refractivity contribution in [2.45, 2.75) is 12.8 Å². The molecule has 1 unspecified atom stereocenters. The van der Waals surface area contributed by atoms with Crippen LogP contribution in [0.25, 0.3) is 0 Å². The van der Waals surface area contributed by atoms with E-state index in [0.29, 0.717) is 22.4 Å². The molecule has 19 heavy (non-hydrogen) atoms. The van der Waals surface area contributed by atoms with Crippen molar-refractivity contribution in [2.75, 3.05) is 30.8 Å². The summed E-state index contributed by atoms with van der Waals surface area (Å²) in [4.78, 5) is 13.7. The number of carbonyl (C=O) groups is 1. The fourth-order valence-electron chi connectivity index (χ4n) is 2.44. The normalized spacial score (nSPS) is 19.3. The zero-order valence-electron chi connectivity index (χ0n) is 10.7. The molecular formula is C13H17BrFN3O. The topological polar surface area (TPSA) is 58.4 Å². The maximum atomic E-state index is 13.6. The zero-order chi connectivity index (χ0) is 14.0. The van der Waals surface area contributed by atoms with Crippen LogP contribution < -0.4 is 16.0 Å². The van der Waals surface area contributed by atoms with Gasteiger partial charge in [-0.2, -0.15) is 0 Å². The molecule has 0 aromatic heterocycles. The number of nitrogens with zero attached hydrogens (tertiary/aromatic N) is 1. The highest BCUT2D eigenvalue weighted by molar-refractivity contribution is 9.10. The van der Waals surface area contributed by atoms with Crippen molar-refractivity contribution >= 4 is 33.2 Å². The van der Waals surface area contributed by atoms with Gasteiger partial charge in [-0.1, -0.05) is 0 Å². The number of carbonyl (C=O) groups excluding carboxylic acids is 1. The van der Waals surface area contributed by atoms with E-state index >= 15 is 0 Å². The number of rotatable bonds is 2. The number of hydrogen-bond acceptors (Lipinski definition) is 3. The fourth-order valence-corrected chi connectivity index (χ4v) is 2.80. The number of nitrogens with two attached hydrogens (primary N) is 1. The minimum Gasteiger partial charge on any atom is -0.397 e. The van der Waals surface area contributed by atoms with Crippen LogP contribution in [0.1, 0.15) is 12.8 Å². The monoisotopic (exact) mass is 329 g/mol. The van der Waals surface area contributed by atoms with Crippen LogP contribution in [-0.2, 0) is 4.79 Å². The van der Waals surface area contributed by atoms with Gasteiger partial charge in [0.05, 0.1) is 21.8 Å². The predicted molar refractivity (Wildman–Crippen MR) is 77.5 cm³/mol. The van der Waals surface area contributed by atoms with E-state index in [9.17, 15) is 9.18 Å². The lowest BCUT2D eigenvalue weighted by Gasteiger charge is -2.34. The number of piperidine rings is 1. The van der Waals surface area contributed by atoms with Crippen molar-refractivity contribution in [3.8, 4) is 0 Å². The molecule has 1 heterocycles. The second kappa shape index (κ2) is 5.77. The van der Waals surface area contributed by atoms with Crippen LogP contribution in [0.5, 0.6) is 0 Å². The molecule has 104 valence electrons. The third-order valence-corrected chi connectivity index (χ3v) is 4.06. The summed E-state index contributed by atoms with van der Waals surface area (Å²) in [6.07, 6.45) is 1.75. The molecule has 2 rings (SSSR count). The molecule has 3 N–H and O–H groups in total. The van der Waals surface area contributed by atoms with E-state index in [1.165, 1.54) is 6.07 Å². The van der Waals surface area contributed by atoms with Gasteiger partial charge in [0.15, 0.2) is 0 Å². The first-order valence-corrected chi connectivity index (χ1v) is 7.03. The molecule has 0 radical (unpaired) electrons. The number of anilines is 2. The van der Waals surface area contributed by atoms with Crippen molar-refractivity contribution < 1.29 is 9.18 Å². The molecule has 1 fully saturated rings. The van der Waals surface area contributed by atoms with Gasteiger partial charge in [0.1, 0.15) is 5.82 Å². The van der Waals surface area contributed by atoms with E-state index < -0.39 is 0 Å². The Hall–Kier alpha value is -1.30. The number of hydrogen-bond donors (Lipinski definition) is 2. The fraction of sp³-hybridized carbons (Fsp3) is 0.462. The third kappa shape index (κ3) is 3.00. The largest absolute Gasteiger partial charge is 0.397 e. The molecule has 1 aliphatic heterocycles. The molecule has 1 saturated heterocycles. The number of amides is 1. The van der Waals surface area contributed by atoms with Crippen LogP contribution in [0.4, 0.5) is 15.8 Å². The van der Waals surface area contributed by atoms with Gasteiger partial charge < -0.3 is 16.0 Å². The Balaban J connectivity index is 2.22. The van der Waals surface area contributed by atoms with E-state index in [0.717, 1.165) is 19.4 Å². The lowest BCUT2D eigenvalue weighted by Crippen LogP contribution is -2.42. The molecule has 0 aliphatic carbocycles. The molecule has 1 atom stereocenters. The molecule has 1 aliphatic rings. The molecule has 6 heteroatoms. The molecule has 1 amide bonds. The average molecular weight is 330 g/mol. The van der Waals surface area contributed by atoms with E-state index in [1.54, 1.807) is 13.1 Å². The van der Waals surface area contributed by atoms with Crippen LogP contribution in [-0.4, -0.2) is 26.0 Å². The quantitative estimate of drug-likeness (QED) is 0.817. The van der Waals surface area contributed by atoms with Crippen molar-refractivity contribution in [3.63, 3.8) is 0 Å². The molecule has 1 aromatic carbocycles. The highest BCUT2D eigenvalue weighted by atomic mass is 79.9. The van der Waals surface area contributed by atoms with Gasteiger partial charge >= 0.3 is 0 Å². The summed E-state index contributed by atoms with van der Waals surface area (Å²) in [6.45, 7) is 1.36. The Morgan fingerprint density at radius 1 is 1.58 bits per heavy atom.